The van der Waals surface area contributed by atoms with Gasteiger partial charge in [-0.25, -0.2) is 9.79 Å². The molecule has 1 saturated heterocycles. The van der Waals surface area contributed by atoms with Crippen molar-refractivity contribution in [1.82, 2.24) is 0 Å². The predicted molar refractivity (Wildman–Crippen MR) is 90.2 cm³/mol. The molecule has 0 N–H and O–H groups in total. The van der Waals surface area contributed by atoms with Crippen LogP contribution in [0.25, 0.3) is 0 Å². The van der Waals surface area contributed by atoms with Crippen LogP contribution >= 0.6 is 0 Å². The van der Waals surface area contributed by atoms with Crippen molar-refractivity contribution in [2.75, 3.05) is 6.61 Å². The van der Waals surface area contributed by atoms with E-state index in [1.54, 1.807) is 6.92 Å². The van der Waals surface area contributed by atoms with Crippen molar-refractivity contribution in [3.05, 3.63) is 48.0 Å². The van der Waals surface area contributed by atoms with Gasteiger partial charge in [0, 0.05) is 5.56 Å². The van der Waals surface area contributed by atoms with E-state index in [4.69, 9.17) is 18.9 Å². The highest BCUT2D eigenvalue weighted by atomic mass is 16.7. The molecule has 4 rings (SSSR count). The fraction of sp³-hybridized carbons (Fsp3) is 0.474. The maximum absolute atomic E-state index is 12.5. The van der Waals surface area contributed by atoms with Crippen LogP contribution in [0.3, 0.4) is 0 Å². The number of carbonyl (C=O) groups is 1. The number of nitrogens with zero attached hydrogens (tertiary/aromatic N) is 1. The van der Waals surface area contributed by atoms with E-state index >= 15 is 0 Å². The highest BCUT2D eigenvalue weighted by Crippen LogP contribution is 2.35. The Bertz CT molecular complexity index is 741. The Morgan fingerprint density at radius 2 is 1.88 bits per heavy atom. The van der Waals surface area contributed by atoms with Gasteiger partial charge >= 0.3 is 5.97 Å². The Labute approximate surface area is 146 Å². The molecule has 0 bridgehead atoms. The van der Waals surface area contributed by atoms with Gasteiger partial charge in [-0.1, -0.05) is 30.4 Å². The van der Waals surface area contributed by atoms with Gasteiger partial charge in [-0.3, -0.25) is 0 Å². The van der Waals surface area contributed by atoms with Gasteiger partial charge in [-0.05, 0) is 32.9 Å². The van der Waals surface area contributed by atoms with Gasteiger partial charge in [-0.15, -0.1) is 0 Å². The van der Waals surface area contributed by atoms with Gasteiger partial charge in [0.25, 0.3) is 0 Å². The molecule has 0 radical (unpaired) electrons. The average molecular weight is 343 g/mol. The predicted octanol–water partition coefficient (Wildman–Crippen LogP) is 2.22. The van der Waals surface area contributed by atoms with Crippen molar-refractivity contribution >= 4 is 11.9 Å². The summed E-state index contributed by atoms with van der Waals surface area (Å²) < 4.78 is 23.0. The first-order valence-electron chi connectivity index (χ1n) is 8.40. The zero-order valence-electron chi connectivity index (χ0n) is 14.5. The third-order valence-corrected chi connectivity index (χ3v) is 4.69. The van der Waals surface area contributed by atoms with Gasteiger partial charge in [0.2, 0.25) is 5.90 Å². The van der Waals surface area contributed by atoms with Crippen LogP contribution in [0.1, 0.15) is 26.3 Å². The number of rotatable bonds is 2. The zero-order chi connectivity index (χ0) is 17.7. The van der Waals surface area contributed by atoms with Crippen LogP contribution in [0.2, 0.25) is 0 Å². The third kappa shape index (κ3) is 2.90. The first-order chi connectivity index (χ1) is 11.9. The number of cyclic esters (lactones) is 1. The lowest BCUT2D eigenvalue weighted by molar-refractivity contribution is -0.307. The summed E-state index contributed by atoms with van der Waals surface area (Å²) in [6, 6.07) is 9.37. The second kappa shape index (κ2) is 5.76. The standard InChI is InChI=1S/C19H21NO5/c1-18(2)22-11-14-13(25-18)9-10-15(23-14)19(3)17(21)24-16(20-19)12-7-5-4-6-8-12/h4-10,13-15H,11H2,1-3H3/t13-,14+,15-,19+/m0/s1. The van der Waals surface area contributed by atoms with Crippen LogP contribution in [-0.4, -0.2) is 48.1 Å². The van der Waals surface area contributed by atoms with E-state index in [-0.39, 0.29) is 12.2 Å². The van der Waals surface area contributed by atoms with Crippen LogP contribution < -0.4 is 0 Å². The quantitative estimate of drug-likeness (QED) is 0.608. The molecule has 1 aromatic carbocycles. The second-order valence-corrected chi connectivity index (χ2v) is 7.09. The van der Waals surface area contributed by atoms with Crippen molar-refractivity contribution in [1.29, 1.82) is 0 Å². The Kier molecular flexibility index (Phi) is 3.79. The molecule has 0 amide bonds. The van der Waals surface area contributed by atoms with Gasteiger partial charge in [0.1, 0.15) is 18.3 Å². The number of benzene rings is 1. The maximum Gasteiger partial charge on any atom is 0.343 e. The Balaban J connectivity index is 1.59. The molecule has 25 heavy (non-hydrogen) atoms. The monoisotopic (exact) mass is 343 g/mol. The topological polar surface area (TPSA) is 66.3 Å². The first-order valence-corrected chi connectivity index (χ1v) is 8.40. The molecule has 3 heterocycles. The molecule has 132 valence electrons. The number of ether oxygens (including phenoxy) is 4. The summed E-state index contributed by atoms with van der Waals surface area (Å²) in [5.41, 5.74) is -0.358. The Morgan fingerprint density at radius 3 is 2.64 bits per heavy atom. The van der Waals surface area contributed by atoms with E-state index in [1.165, 1.54) is 0 Å². The van der Waals surface area contributed by atoms with Crippen molar-refractivity contribution in [3.63, 3.8) is 0 Å². The van der Waals surface area contributed by atoms with Crippen LogP contribution in [0.4, 0.5) is 0 Å². The number of hydrogen-bond acceptors (Lipinski definition) is 6. The highest BCUT2D eigenvalue weighted by Gasteiger charge is 2.51. The van der Waals surface area contributed by atoms with Crippen molar-refractivity contribution in [2.24, 2.45) is 4.99 Å². The molecule has 1 fully saturated rings. The summed E-state index contributed by atoms with van der Waals surface area (Å²) in [6.07, 6.45) is 2.76. The summed E-state index contributed by atoms with van der Waals surface area (Å²) in [6.45, 7) is 5.87. The number of fused-ring (bicyclic) bond motifs is 1. The van der Waals surface area contributed by atoms with E-state index < -0.39 is 23.4 Å². The second-order valence-electron chi connectivity index (χ2n) is 7.09. The molecular formula is C19H21NO5. The number of carbonyl (C=O) groups excluding carboxylic acids is 1. The van der Waals surface area contributed by atoms with Gasteiger partial charge in [-0.2, -0.15) is 0 Å². The molecular weight excluding hydrogens is 322 g/mol. The fourth-order valence-corrected chi connectivity index (χ4v) is 3.21. The average Bonchev–Trinajstić information content (AvgIpc) is 2.91. The summed E-state index contributed by atoms with van der Waals surface area (Å²) in [5, 5.41) is 0. The highest BCUT2D eigenvalue weighted by molar-refractivity contribution is 6.08. The van der Waals surface area contributed by atoms with Gasteiger partial charge in [0.05, 0.1) is 6.61 Å². The molecule has 0 spiro atoms. The SMILES string of the molecule is CC1(C)OC[C@H]2O[C@H]([C@@]3(C)N=C(c4ccccc4)OC3=O)C=C[C@@H]2O1. The number of aliphatic imine (C=N–C) groups is 1. The van der Waals surface area contributed by atoms with Gasteiger partial charge in [0.15, 0.2) is 11.3 Å². The molecule has 0 aliphatic carbocycles. The zero-order valence-corrected chi connectivity index (χ0v) is 14.5. The van der Waals surface area contributed by atoms with E-state index in [1.807, 2.05) is 56.3 Å². The van der Waals surface area contributed by atoms with Crippen molar-refractivity contribution in [3.8, 4) is 0 Å². The largest absolute Gasteiger partial charge is 0.405 e. The molecule has 6 nitrogen and oxygen atoms in total. The van der Waals surface area contributed by atoms with Crippen LogP contribution in [0, 0.1) is 0 Å². The molecule has 1 aromatic rings. The van der Waals surface area contributed by atoms with Gasteiger partial charge < -0.3 is 18.9 Å². The Hall–Kier alpha value is -2.02. The van der Waals surface area contributed by atoms with E-state index in [0.29, 0.717) is 12.5 Å². The Morgan fingerprint density at radius 1 is 1.12 bits per heavy atom. The summed E-state index contributed by atoms with van der Waals surface area (Å²) in [5.74, 6) is -0.738. The van der Waals surface area contributed by atoms with Crippen molar-refractivity contribution < 1.29 is 23.7 Å². The van der Waals surface area contributed by atoms with Crippen LogP contribution in [0.15, 0.2) is 47.5 Å². The smallest absolute Gasteiger partial charge is 0.343 e. The van der Waals surface area contributed by atoms with Crippen molar-refractivity contribution in [2.45, 2.75) is 50.4 Å². The number of hydrogen-bond donors (Lipinski definition) is 0. The fourth-order valence-electron chi connectivity index (χ4n) is 3.21. The van der Waals surface area contributed by atoms with Crippen LogP contribution in [0.5, 0.6) is 0 Å². The first kappa shape index (κ1) is 16.4. The van der Waals surface area contributed by atoms with E-state index in [2.05, 4.69) is 4.99 Å². The lowest BCUT2D eigenvalue weighted by Crippen LogP contribution is -2.55. The summed E-state index contributed by atoms with van der Waals surface area (Å²) in [4.78, 5) is 17.1. The summed E-state index contributed by atoms with van der Waals surface area (Å²) >= 11 is 0. The molecule has 0 saturated carbocycles. The maximum atomic E-state index is 12.5. The molecule has 0 aromatic heterocycles. The lowest BCUT2D eigenvalue weighted by atomic mass is 9.92. The number of esters is 1. The minimum absolute atomic E-state index is 0.196. The molecule has 6 heteroatoms. The molecule has 0 unspecified atom stereocenters. The van der Waals surface area contributed by atoms with E-state index in [9.17, 15) is 4.79 Å². The molecule has 3 aliphatic rings. The van der Waals surface area contributed by atoms with E-state index in [0.717, 1.165) is 5.56 Å². The minimum Gasteiger partial charge on any atom is -0.405 e. The third-order valence-electron chi connectivity index (χ3n) is 4.69. The lowest BCUT2D eigenvalue weighted by Gasteiger charge is -2.44. The molecule has 4 atom stereocenters. The molecule has 3 aliphatic heterocycles. The normalized spacial score (nSPS) is 36.5. The summed E-state index contributed by atoms with van der Waals surface area (Å²) in [7, 11) is 0. The minimum atomic E-state index is -1.13. The van der Waals surface area contributed by atoms with Crippen LogP contribution in [-0.2, 0) is 23.7 Å².